The molecule has 19 heavy (non-hydrogen) atoms. The molecule has 1 unspecified atom stereocenters. The molecule has 0 saturated heterocycles. The van der Waals surface area contributed by atoms with Crippen LogP contribution in [0.1, 0.15) is 32.4 Å². The van der Waals surface area contributed by atoms with Gasteiger partial charge in [0.05, 0.1) is 12.7 Å². The second-order valence-corrected chi connectivity index (χ2v) is 5.13. The van der Waals surface area contributed by atoms with Gasteiger partial charge in [-0.05, 0) is 33.0 Å². The Bertz CT molecular complexity index is 327. The number of nitrogens with one attached hydrogen (secondary N) is 1. The molecule has 108 valence electrons. The van der Waals surface area contributed by atoms with Gasteiger partial charge in [-0.3, -0.25) is 4.90 Å². The van der Waals surface area contributed by atoms with Crippen molar-refractivity contribution in [1.82, 2.24) is 10.2 Å². The first-order chi connectivity index (χ1) is 9.15. The molecule has 0 aliphatic rings. The summed E-state index contributed by atoms with van der Waals surface area (Å²) in [7, 11) is 2.17. The average molecular weight is 264 g/mol. The second-order valence-electron chi connectivity index (χ2n) is 5.13. The lowest BCUT2D eigenvalue weighted by atomic mass is 10.1. The van der Waals surface area contributed by atoms with Crippen LogP contribution in [0.25, 0.3) is 0 Å². The molecule has 0 aliphatic heterocycles. The standard InChI is InChI=1S/C16H28N2O/c1-5-17-13-16(15-9-7-6-8-10-15)18(4)11-12-19-14(2)3/h6-10,14,16-17H,5,11-13H2,1-4H3. The predicted octanol–water partition coefficient (Wildman–Crippen LogP) is 2.69. The van der Waals surface area contributed by atoms with Crippen molar-refractivity contribution in [3.05, 3.63) is 35.9 Å². The van der Waals surface area contributed by atoms with Gasteiger partial charge in [0, 0.05) is 19.1 Å². The van der Waals surface area contributed by atoms with Crippen LogP contribution in [0.3, 0.4) is 0 Å². The molecule has 0 amide bonds. The highest BCUT2D eigenvalue weighted by Gasteiger charge is 2.16. The van der Waals surface area contributed by atoms with E-state index in [2.05, 4.69) is 68.4 Å². The van der Waals surface area contributed by atoms with Gasteiger partial charge in [0.2, 0.25) is 0 Å². The van der Waals surface area contributed by atoms with Gasteiger partial charge in [-0.2, -0.15) is 0 Å². The van der Waals surface area contributed by atoms with Gasteiger partial charge in [0.15, 0.2) is 0 Å². The van der Waals surface area contributed by atoms with E-state index in [1.54, 1.807) is 0 Å². The van der Waals surface area contributed by atoms with Gasteiger partial charge in [0.1, 0.15) is 0 Å². The molecule has 0 aromatic heterocycles. The van der Waals surface area contributed by atoms with Gasteiger partial charge in [-0.25, -0.2) is 0 Å². The molecular weight excluding hydrogens is 236 g/mol. The topological polar surface area (TPSA) is 24.5 Å². The Morgan fingerprint density at radius 1 is 1.21 bits per heavy atom. The van der Waals surface area contributed by atoms with Crippen LogP contribution in [0.2, 0.25) is 0 Å². The van der Waals surface area contributed by atoms with Crippen molar-refractivity contribution < 1.29 is 4.74 Å². The first-order valence-corrected chi connectivity index (χ1v) is 7.22. The average Bonchev–Trinajstić information content (AvgIpc) is 2.40. The van der Waals surface area contributed by atoms with Crippen molar-refractivity contribution in [2.75, 3.05) is 33.3 Å². The summed E-state index contributed by atoms with van der Waals surface area (Å²) in [5.74, 6) is 0. The number of hydrogen-bond acceptors (Lipinski definition) is 3. The fourth-order valence-corrected chi connectivity index (χ4v) is 2.07. The third-order valence-corrected chi connectivity index (χ3v) is 3.20. The molecule has 0 fully saturated rings. The fraction of sp³-hybridized carbons (Fsp3) is 0.625. The van der Waals surface area contributed by atoms with Crippen LogP contribution in [0.5, 0.6) is 0 Å². The van der Waals surface area contributed by atoms with E-state index in [0.29, 0.717) is 12.1 Å². The van der Waals surface area contributed by atoms with Crippen LogP contribution < -0.4 is 5.32 Å². The monoisotopic (exact) mass is 264 g/mol. The van der Waals surface area contributed by atoms with Crippen molar-refractivity contribution in [3.63, 3.8) is 0 Å². The number of benzene rings is 1. The molecular formula is C16H28N2O. The highest BCUT2D eigenvalue weighted by Crippen LogP contribution is 2.18. The minimum Gasteiger partial charge on any atom is -0.377 e. The Kier molecular flexibility index (Phi) is 7.72. The van der Waals surface area contributed by atoms with Gasteiger partial charge in [-0.1, -0.05) is 37.3 Å². The smallest absolute Gasteiger partial charge is 0.0597 e. The first kappa shape index (κ1) is 16.2. The van der Waals surface area contributed by atoms with E-state index in [1.165, 1.54) is 5.56 Å². The zero-order chi connectivity index (χ0) is 14.1. The molecule has 0 bridgehead atoms. The molecule has 1 atom stereocenters. The van der Waals surface area contributed by atoms with Crippen molar-refractivity contribution in [2.24, 2.45) is 0 Å². The quantitative estimate of drug-likeness (QED) is 0.742. The van der Waals surface area contributed by atoms with Crippen LogP contribution in [-0.2, 0) is 4.74 Å². The van der Waals surface area contributed by atoms with E-state index in [-0.39, 0.29) is 0 Å². The number of nitrogens with zero attached hydrogens (tertiary/aromatic N) is 1. The predicted molar refractivity (Wildman–Crippen MR) is 81.4 cm³/mol. The van der Waals surface area contributed by atoms with E-state index in [9.17, 15) is 0 Å². The summed E-state index contributed by atoms with van der Waals surface area (Å²) >= 11 is 0. The number of rotatable bonds is 9. The van der Waals surface area contributed by atoms with Crippen LogP contribution in [-0.4, -0.2) is 44.3 Å². The molecule has 0 heterocycles. The summed E-state index contributed by atoms with van der Waals surface area (Å²) in [5.41, 5.74) is 1.36. The third kappa shape index (κ3) is 6.19. The maximum Gasteiger partial charge on any atom is 0.0597 e. The van der Waals surface area contributed by atoms with Gasteiger partial charge >= 0.3 is 0 Å². The first-order valence-electron chi connectivity index (χ1n) is 7.22. The molecule has 0 spiro atoms. The van der Waals surface area contributed by atoms with Crippen molar-refractivity contribution in [3.8, 4) is 0 Å². The molecule has 1 aromatic rings. The highest BCUT2D eigenvalue weighted by atomic mass is 16.5. The van der Waals surface area contributed by atoms with E-state index >= 15 is 0 Å². The van der Waals surface area contributed by atoms with E-state index in [0.717, 1.165) is 26.2 Å². The zero-order valence-corrected chi connectivity index (χ0v) is 12.7. The Labute approximate surface area is 118 Å². The highest BCUT2D eigenvalue weighted by molar-refractivity contribution is 5.19. The Morgan fingerprint density at radius 3 is 2.47 bits per heavy atom. The minimum atomic E-state index is 0.303. The van der Waals surface area contributed by atoms with Crippen LogP contribution >= 0.6 is 0 Å². The Morgan fingerprint density at radius 2 is 1.89 bits per heavy atom. The minimum absolute atomic E-state index is 0.303. The lowest BCUT2D eigenvalue weighted by Gasteiger charge is -2.29. The van der Waals surface area contributed by atoms with Crippen molar-refractivity contribution >= 4 is 0 Å². The second kappa shape index (κ2) is 9.08. The maximum atomic E-state index is 5.64. The lowest BCUT2D eigenvalue weighted by molar-refractivity contribution is 0.0556. The molecule has 0 radical (unpaired) electrons. The van der Waals surface area contributed by atoms with Crippen molar-refractivity contribution in [1.29, 1.82) is 0 Å². The van der Waals surface area contributed by atoms with E-state index in [4.69, 9.17) is 4.74 Å². The van der Waals surface area contributed by atoms with Crippen LogP contribution in [0.15, 0.2) is 30.3 Å². The summed E-state index contributed by atoms with van der Waals surface area (Å²) < 4.78 is 5.64. The molecule has 3 nitrogen and oxygen atoms in total. The van der Waals surface area contributed by atoms with Crippen molar-refractivity contribution in [2.45, 2.75) is 32.9 Å². The lowest BCUT2D eigenvalue weighted by Crippen LogP contribution is -2.35. The summed E-state index contributed by atoms with van der Waals surface area (Å²) in [4.78, 5) is 2.36. The molecule has 0 aliphatic carbocycles. The third-order valence-electron chi connectivity index (χ3n) is 3.20. The van der Waals surface area contributed by atoms with Gasteiger partial charge in [0.25, 0.3) is 0 Å². The van der Waals surface area contributed by atoms with Gasteiger partial charge in [-0.15, -0.1) is 0 Å². The molecule has 1 N–H and O–H groups in total. The number of likely N-dealkylation sites (N-methyl/N-ethyl adjacent to an activating group) is 2. The van der Waals surface area contributed by atoms with Crippen LogP contribution in [0, 0.1) is 0 Å². The van der Waals surface area contributed by atoms with E-state index < -0.39 is 0 Å². The molecule has 1 rings (SSSR count). The molecule has 0 saturated carbocycles. The summed E-state index contributed by atoms with van der Waals surface area (Å²) in [6.45, 7) is 10.00. The molecule has 1 aromatic carbocycles. The summed E-state index contributed by atoms with van der Waals surface area (Å²) in [6.07, 6.45) is 0.303. The summed E-state index contributed by atoms with van der Waals surface area (Å²) in [6, 6.07) is 11.1. The Hall–Kier alpha value is -0.900. The Balaban J connectivity index is 2.57. The van der Waals surface area contributed by atoms with E-state index in [1.807, 2.05) is 0 Å². The fourth-order valence-electron chi connectivity index (χ4n) is 2.07. The molecule has 3 heteroatoms. The number of hydrogen-bond donors (Lipinski definition) is 1. The zero-order valence-electron chi connectivity index (χ0n) is 12.7. The van der Waals surface area contributed by atoms with Gasteiger partial charge < -0.3 is 10.1 Å². The maximum absolute atomic E-state index is 5.64. The normalized spacial score (nSPS) is 13.2. The largest absolute Gasteiger partial charge is 0.377 e. The van der Waals surface area contributed by atoms with Crippen LogP contribution in [0.4, 0.5) is 0 Å². The number of ether oxygens (including phenoxy) is 1. The SMILES string of the molecule is CCNCC(c1ccccc1)N(C)CCOC(C)C. The summed E-state index contributed by atoms with van der Waals surface area (Å²) in [5, 5.41) is 3.44.